The van der Waals surface area contributed by atoms with E-state index in [0.29, 0.717) is 91.9 Å². The Morgan fingerprint density at radius 1 is 0.432 bits per heavy atom. The molecule has 0 radical (unpaired) electrons. The molecule has 0 N–H and O–H groups in total. The van der Waals surface area contributed by atoms with Gasteiger partial charge in [0.05, 0.1) is 52.9 Å². The average molecular weight is 615 g/mol. The van der Waals surface area contributed by atoms with Gasteiger partial charge in [-0.1, -0.05) is 0 Å². The van der Waals surface area contributed by atoms with Gasteiger partial charge in [-0.05, 0) is 123 Å². The van der Waals surface area contributed by atoms with Crippen molar-refractivity contribution in [1.82, 2.24) is 9.80 Å². The Morgan fingerprint density at radius 2 is 0.682 bits per heavy atom. The largest absolute Gasteiger partial charge is 0.377 e. The average Bonchev–Trinajstić information content (AvgIpc) is 2.95. The first kappa shape index (κ1) is 31.4. The van der Waals surface area contributed by atoms with Crippen LogP contribution in [0.4, 0.5) is 0 Å². The molecule has 0 aromatic rings. The van der Waals surface area contributed by atoms with Crippen LogP contribution in [-0.2, 0) is 28.5 Å². The number of hydrogen-bond donors (Lipinski definition) is 0. The van der Waals surface area contributed by atoms with Crippen molar-refractivity contribution < 1.29 is 28.5 Å². The fraction of sp³-hybridized carbons (Fsp3) is 0.944. The molecular formula is C36H58N2O6. The first-order valence-electron chi connectivity index (χ1n) is 18.3. The highest BCUT2D eigenvalue weighted by molar-refractivity contribution is 5.77. The summed E-state index contributed by atoms with van der Waals surface area (Å²) in [5, 5.41) is 0. The zero-order chi connectivity index (χ0) is 30.0. The molecule has 0 aromatic heterocycles. The maximum atomic E-state index is 13.6. The minimum atomic E-state index is 0.242. The lowest BCUT2D eigenvalue weighted by Crippen LogP contribution is -2.49. The molecule has 0 spiro atoms. The number of rotatable bonds is 4. The Labute approximate surface area is 265 Å². The van der Waals surface area contributed by atoms with Crippen molar-refractivity contribution in [3.8, 4) is 0 Å². The van der Waals surface area contributed by atoms with Gasteiger partial charge in [0.15, 0.2) is 0 Å². The summed E-state index contributed by atoms with van der Waals surface area (Å²) in [6, 6.07) is 0. The first-order chi connectivity index (χ1) is 21.4. The van der Waals surface area contributed by atoms with Gasteiger partial charge in [0.1, 0.15) is 0 Å². The molecule has 8 bridgehead atoms. The van der Waals surface area contributed by atoms with E-state index in [9.17, 15) is 9.59 Å². The minimum Gasteiger partial charge on any atom is -0.377 e. The second-order valence-corrected chi connectivity index (χ2v) is 16.4. The van der Waals surface area contributed by atoms with Crippen molar-refractivity contribution in [2.45, 2.75) is 89.9 Å². The van der Waals surface area contributed by atoms with Crippen molar-refractivity contribution >= 4 is 11.8 Å². The molecule has 1 aliphatic heterocycles. The van der Waals surface area contributed by atoms with E-state index in [1.54, 1.807) is 0 Å². The smallest absolute Gasteiger partial charge is 0.223 e. The SMILES string of the molecule is O=C(CC12CC3CC(CC(C3)C1)C2)N1CCOCCOCCN(C(=O)CC23CC4CC(CC(C4)C2)C3)CCOCCOCC1. The molecule has 9 rings (SSSR count). The van der Waals surface area contributed by atoms with Crippen LogP contribution in [-0.4, -0.2) is 101 Å². The zero-order valence-corrected chi connectivity index (χ0v) is 27.2. The lowest BCUT2D eigenvalue weighted by atomic mass is 9.49. The van der Waals surface area contributed by atoms with Crippen molar-refractivity contribution in [2.75, 3.05) is 79.0 Å². The van der Waals surface area contributed by atoms with Crippen molar-refractivity contribution in [3.05, 3.63) is 0 Å². The molecule has 1 heterocycles. The highest BCUT2D eigenvalue weighted by Crippen LogP contribution is 2.62. The van der Waals surface area contributed by atoms with Gasteiger partial charge in [0.25, 0.3) is 0 Å². The van der Waals surface area contributed by atoms with Crippen LogP contribution in [0, 0.1) is 46.3 Å². The molecule has 9 fully saturated rings. The Hall–Kier alpha value is -1.22. The predicted octanol–water partition coefficient (Wildman–Crippen LogP) is 4.94. The zero-order valence-electron chi connectivity index (χ0n) is 27.2. The highest BCUT2D eigenvalue weighted by Gasteiger charge is 2.53. The van der Waals surface area contributed by atoms with Gasteiger partial charge in [-0.15, -0.1) is 0 Å². The molecule has 8 aliphatic carbocycles. The fourth-order valence-corrected chi connectivity index (χ4v) is 11.9. The number of carbonyl (C=O) groups excluding carboxylic acids is 2. The molecule has 8 nitrogen and oxygen atoms in total. The van der Waals surface area contributed by atoms with Crippen molar-refractivity contribution in [3.63, 3.8) is 0 Å². The fourth-order valence-electron chi connectivity index (χ4n) is 11.9. The molecule has 0 unspecified atom stereocenters. The lowest BCUT2D eigenvalue weighted by molar-refractivity contribution is -0.142. The van der Waals surface area contributed by atoms with Gasteiger partial charge in [0, 0.05) is 39.0 Å². The number of hydrogen-bond acceptors (Lipinski definition) is 6. The molecule has 9 aliphatic rings. The molecule has 0 atom stereocenters. The molecule has 248 valence electrons. The van der Waals surface area contributed by atoms with Crippen LogP contribution in [0.5, 0.6) is 0 Å². The van der Waals surface area contributed by atoms with Crippen LogP contribution in [0.1, 0.15) is 89.9 Å². The van der Waals surface area contributed by atoms with Gasteiger partial charge < -0.3 is 28.7 Å². The minimum absolute atomic E-state index is 0.242. The van der Waals surface area contributed by atoms with E-state index in [0.717, 1.165) is 35.5 Å². The van der Waals surface area contributed by atoms with Gasteiger partial charge in [-0.2, -0.15) is 0 Å². The summed E-state index contributed by atoms with van der Waals surface area (Å²) < 4.78 is 23.7. The van der Waals surface area contributed by atoms with E-state index < -0.39 is 0 Å². The second-order valence-electron chi connectivity index (χ2n) is 16.4. The summed E-state index contributed by atoms with van der Waals surface area (Å²) in [5.74, 6) is 5.68. The lowest BCUT2D eigenvalue weighted by Gasteiger charge is -2.57. The van der Waals surface area contributed by atoms with E-state index in [-0.39, 0.29) is 22.6 Å². The van der Waals surface area contributed by atoms with Crippen LogP contribution in [0.2, 0.25) is 0 Å². The molecule has 1 saturated heterocycles. The van der Waals surface area contributed by atoms with Crippen LogP contribution < -0.4 is 0 Å². The van der Waals surface area contributed by atoms with Gasteiger partial charge in [-0.3, -0.25) is 9.59 Å². The highest BCUT2D eigenvalue weighted by atomic mass is 16.5. The molecule has 0 aromatic carbocycles. The van der Waals surface area contributed by atoms with Crippen molar-refractivity contribution in [2.24, 2.45) is 46.3 Å². The summed E-state index contributed by atoms with van der Waals surface area (Å²) in [7, 11) is 0. The summed E-state index contributed by atoms with van der Waals surface area (Å²) >= 11 is 0. The summed E-state index contributed by atoms with van der Waals surface area (Å²) in [4.78, 5) is 31.2. The summed E-state index contributed by atoms with van der Waals surface area (Å²) in [6.07, 6.45) is 17.3. The van der Waals surface area contributed by atoms with Gasteiger partial charge >= 0.3 is 0 Å². The molecule has 8 heteroatoms. The second kappa shape index (κ2) is 13.9. The summed E-state index contributed by atoms with van der Waals surface area (Å²) in [6.45, 7) is 6.41. The summed E-state index contributed by atoms with van der Waals surface area (Å²) in [5.41, 5.74) is 0.484. The van der Waals surface area contributed by atoms with Crippen LogP contribution in [0.3, 0.4) is 0 Å². The Bertz CT molecular complexity index is 833. The maximum absolute atomic E-state index is 13.6. The van der Waals surface area contributed by atoms with E-state index in [4.69, 9.17) is 18.9 Å². The van der Waals surface area contributed by atoms with E-state index in [1.165, 1.54) is 77.0 Å². The van der Waals surface area contributed by atoms with Crippen LogP contribution in [0.15, 0.2) is 0 Å². The molecule has 2 amide bonds. The van der Waals surface area contributed by atoms with Gasteiger partial charge in [-0.25, -0.2) is 0 Å². The number of carbonyl (C=O) groups is 2. The standard InChI is InChI=1S/C36H58N2O6/c39-33(25-35-19-27-13-28(20-35)15-29(14-27)21-35)37-1-5-41-9-10-43-7-3-38(4-8-44-12-11-42-6-2-37)34(40)26-36-22-30-16-31(23-36)18-32(17-30)24-36/h27-32H,1-26H2. The van der Waals surface area contributed by atoms with E-state index in [2.05, 4.69) is 0 Å². The van der Waals surface area contributed by atoms with Crippen LogP contribution >= 0.6 is 0 Å². The first-order valence-corrected chi connectivity index (χ1v) is 18.3. The maximum Gasteiger partial charge on any atom is 0.223 e. The third kappa shape index (κ3) is 7.50. The molecule has 44 heavy (non-hydrogen) atoms. The quantitative estimate of drug-likeness (QED) is 0.447. The Balaban J connectivity index is 0.875. The van der Waals surface area contributed by atoms with E-state index in [1.807, 2.05) is 9.80 Å². The number of amides is 2. The number of nitrogens with zero attached hydrogens (tertiary/aromatic N) is 2. The topological polar surface area (TPSA) is 77.5 Å². The molecular weight excluding hydrogens is 556 g/mol. The molecule has 8 saturated carbocycles. The predicted molar refractivity (Wildman–Crippen MR) is 167 cm³/mol. The Kier molecular flexibility index (Phi) is 9.89. The van der Waals surface area contributed by atoms with Crippen molar-refractivity contribution in [1.29, 1.82) is 0 Å². The van der Waals surface area contributed by atoms with E-state index >= 15 is 0 Å². The number of ether oxygens (including phenoxy) is 4. The Morgan fingerprint density at radius 3 is 0.932 bits per heavy atom. The third-order valence-corrected chi connectivity index (χ3v) is 12.9. The third-order valence-electron chi connectivity index (χ3n) is 12.9. The monoisotopic (exact) mass is 614 g/mol. The van der Waals surface area contributed by atoms with Crippen LogP contribution in [0.25, 0.3) is 0 Å². The van der Waals surface area contributed by atoms with Gasteiger partial charge in [0.2, 0.25) is 11.8 Å². The normalized spacial score (nSPS) is 41.8.